The van der Waals surface area contributed by atoms with E-state index in [2.05, 4.69) is 0 Å². The fourth-order valence-corrected chi connectivity index (χ4v) is 2.79. The van der Waals surface area contributed by atoms with E-state index in [1.165, 1.54) is 0 Å². The van der Waals surface area contributed by atoms with Gasteiger partial charge in [-0.05, 0) is 18.8 Å². The Morgan fingerprint density at radius 3 is 2.82 bits per heavy atom. The first-order chi connectivity index (χ1) is 8.22. The standard InChI is InChI=1S/C12H21NO4/c1-15-5-3-10-4-6-17-12(10)8-13(9-12)11(14)7-16-2/h10H,3-9H2,1-2H3/t10-/m0/s1. The molecular weight excluding hydrogens is 222 g/mol. The number of methoxy groups -OCH3 is 2. The van der Waals surface area contributed by atoms with Crippen LogP contribution >= 0.6 is 0 Å². The van der Waals surface area contributed by atoms with Crippen LogP contribution in [-0.4, -0.2) is 63.5 Å². The number of nitrogens with zero attached hydrogens (tertiary/aromatic N) is 1. The lowest BCUT2D eigenvalue weighted by Gasteiger charge is -2.50. The van der Waals surface area contributed by atoms with Crippen molar-refractivity contribution in [1.82, 2.24) is 4.90 Å². The maximum Gasteiger partial charge on any atom is 0.248 e. The van der Waals surface area contributed by atoms with Crippen molar-refractivity contribution in [3.8, 4) is 0 Å². The van der Waals surface area contributed by atoms with E-state index in [4.69, 9.17) is 14.2 Å². The van der Waals surface area contributed by atoms with Crippen molar-refractivity contribution in [2.45, 2.75) is 18.4 Å². The minimum Gasteiger partial charge on any atom is -0.385 e. The van der Waals surface area contributed by atoms with Crippen LogP contribution in [0.3, 0.4) is 0 Å². The quantitative estimate of drug-likeness (QED) is 0.696. The van der Waals surface area contributed by atoms with Crippen LogP contribution in [-0.2, 0) is 19.0 Å². The van der Waals surface area contributed by atoms with Gasteiger partial charge in [0.05, 0.1) is 13.1 Å². The highest BCUT2D eigenvalue weighted by molar-refractivity contribution is 5.78. The van der Waals surface area contributed by atoms with E-state index >= 15 is 0 Å². The molecule has 17 heavy (non-hydrogen) atoms. The molecule has 0 aliphatic carbocycles. The first-order valence-electron chi connectivity index (χ1n) is 6.11. The van der Waals surface area contributed by atoms with Gasteiger partial charge in [0.2, 0.25) is 5.91 Å². The summed E-state index contributed by atoms with van der Waals surface area (Å²) in [6, 6.07) is 0. The average molecular weight is 243 g/mol. The zero-order valence-corrected chi connectivity index (χ0v) is 10.6. The molecule has 0 aromatic rings. The molecule has 2 rings (SSSR count). The molecule has 98 valence electrons. The molecule has 5 heteroatoms. The first kappa shape index (κ1) is 12.8. The van der Waals surface area contributed by atoms with Crippen LogP contribution in [0.25, 0.3) is 0 Å². The molecule has 0 saturated carbocycles. The Morgan fingerprint density at radius 1 is 1.41 bits per heavy atom. The van der Waals surface area contributed by atoms with E-state index in [1.807, 2.05) is 4.90 Å². The number of likely N-dealkylation sites (tertiary alicyclic amines) is 1. The topological polar surface area (TPSA) is 48.0 Å². The van der Waals surface area contributed by atoms with Gasteiger partial charge in [0.15, 0.2) is 0 Å². The summed E-state index contributed by atoms with van der Waals surface area (Å²) in [7, 11) is 3.26. The molecule has 0 bridgehead atoms. The Bertz CT molecular complexity index is 276. The second kappa shape index (κ2) is 5.33. The third kappa shape index (κ3) is 2.46. The zero-order valence-electron chi connectivity index (χ0n) is 10.6. The van der Waals surface area contributed by atoms with Gasteiger partial charge in [-0.15, -0.1) is 0 Å². The fourth-order valence-electron chi connectivity index (χ4n) is 2.79. The predicted octanol–water partition coefficient (Wildman–Crippen LogP) is 0.287. The monoisotopic (exact) mass is 243 g/mol. The highest BCUT2D eigenvalue weighted by atomic mass is 16.5. The summed E-state index contributed by atoms with van der Waals surface area (Å²) in [6.07, 6.45) is 2.10. The molecule has 0 N–H and O–H groups in total. The van der Waals surface area contributed by atoms with Gasteiger partial charge in [-0.2, -0.15) is 0 Å². The molecule has 2 heterocycles. The van der Waals surface area contributed by atoms with Crippen LogP contribution in [0.4, 0.5) is 0 Å². The molecule has 0 aromatic heterocycles. The summed E-state index contributed by atoms with van der Waals surface area (Å²) < 4.78 is 15.8. The van der Waals surface area contributed by atoms with E-state index in [1.54, 1.807) is 14.2 Å². The van der Waals surface area contributed by atoms with E-state index in [0.717, 1.165) is 26.1 Å². The Labute approximate surface area is 102 Å². The normalized spacial score (nSPS) is 26.2. The van der Waals surface area contributed by atoms with Crippen LogP contribution in [0.15, 0.2) is 0 Å². The number of ether oxygens (including phenoxy) is 3. The third-order valence-corrected chi connectivity index (χ3v) is 3.81. The summed E-state index contributed by atoms with van der Waals surface area (Å²) >= 11 is 0. The highest BCUT2D eigenvalue weighted by Gasteiger charge is 2.53. The van der Waals surface area contributed by atoms with Gasteiger partial charge >= 0.3 is 0 Å². The molecule has 1 atom stereocenters. The van der Waals surface area contributed by atoms with Gasteiger partial charge in [-0.3, -0.25) is 4.79 Å². The van der Waals surface area contributed by atoms with E-state index < -0.39 is 0 Å². The number of rotatable bonds is 5. The summed E-state index contributed by atoms with van der Waals surface area (Å²) in [5, 5.41) is 0. The number of carbonyl (C=O) groups excluding carboxylic acids is 1. The van der Waals surface area contributed by atoms with Gasteiger partial charge in [0.25, 0.3) is 0 Å². The maximum atomic E-state index is 11.6. The van der Waals surface area contributed by atoms with Crippen LogP contribution in [0.5, 0.6) is 0 Å². The summed E-state index contributed by atoms with van der Waals surface area (Å²) in [6.45, 7) is 3.16. The van der Waals surface area contributed by atoms with Crippen LogP contribution < -0.4 is 0 Å². The van der Waals surface area contributed by atoms with E-state index in [9.17, 15) is 4.79 Å². The molecule has 0 radical (unpaired) electrons. The minimum atomic E-state index is -0.0953. The smallest absolute Gasteiger partial charge is 0.248 e. The minimum absolute atomic E-state index is 0.0547. The van der Waals surface area contributed by atoms with Crippen molar-refractivity contribution in [1.29, 1.82) is 0 Å². The Balaban J connectivity index is 1.84. The number of hydrogen-bond donors (Lipinski definition) is 0. The molecule has 5 nitrogen and oxygen atoms in total. The van der Waals surface area contributed by atoms with Crippen molar-refractivity contribution in [2.24, 2.45) is 5.92 Å². The first-order valence-corrected chi connectivity index (χ1v) is 6.11. The van der Waals surface area contributed by atoms with Crippen LogP contribution in [0.2, 0.25) is 0 Å². The Morgan fingerprint density at radius 2 is 2.18 bits per heavy atom. The number of carbonyl (C=O) groups is 1. The van der Waals surface area contributed by atoms with Gasteiger partial charge in [-0.1, -0.05) is 0 Å². The van der Waals surface area contributed by atoms with Gasteiger partial charge in [0, 0.05) is 27.4 Å². The van der Waals surface area contributed by atoms with Gasteiger partial charge in [-0.25, -0.2) is 0 Å². The molecule has 0 aromatic carbocycles. The molecule has 2 saturated heterocycles. The second-order valence-electron chi connectivity index (χ2n) is 4.86. The molecule has 1 spiro atoms. The van der Waals surface area contributed by atoms with Gasteiger partial charge < -0.3 is 19.1 Å². The molecule has 2 aliphatic heterocycles. The number of hydrogen-bond acceptors (Lipinski definition) is 4. The lowest BCUT2D eigenvalue weighted by Crippen LogP contribution is -2.66. The van der Waals surface area contributed by atoms with E-state index in [0.29, 0.717) is 19.0 Å². The molecule has 2 aliphatic rings. The predicted molar refractivity (Wildman–Crippen MR) is 61.7 cm³/mol. The summed E-state index contributed by atoms with van der Waals surface area (Å²) in [5.74, 6) is 0.577. The largest absolute Gasteiger partial charge is 0.385 e. The molecule has 1 amide bonds. The maximum absolute atomic E-state index is 11.6. The Hall–Kier alpha value is -0.650. The van der Waals surface area contributed by atoms with Crippen molar-refractivity contribution >= 4 is 5.91 Å². The summed E-state index contributed by atoms with van der Waals surface area (Å²) in [5.41, 5.74) is -0.0953. The number of amides is 1. The van der Waals surface area contributed by atoms with Gasteiger partial charge in [0.1, 0.15) is 12.2 Å². The molecular formula is C12H21NO4. The Kier molecular flexibility index (Phi) is 4.01. The van der Waals surface area contributed by atoms with Crippen molar-refractivity contribution in [3.05, 3.63) is 0 Å². The molecule has 0 unspecified atom stereocenters. The lowest BCUT2D eigenvalue weighted by atomic mass is 9.79. The third-order valence-electron chi connectivity index (χ3n) is 3.81. The average Bonchev–Trinajstić information content (AvgIpc) is 2.68. The highest BCUT2D eigenvalue weighted by Crippen LogP contribution is 2.41. The summed E-state index contributed by atoms with van der Waals surface area (Å²) in [4.78, 5) is 13.4. The second-order valence-corrected chi connectivity index (χ2v) is 4.86. The van der Waals surface area contributed by atoms with Crippen LogP contribution in [0, 0.1) is 5.92 Å². The van der Waals surface area contributed by atoms with Crippen molar-refractivity contribution in [3.63, 3.8) is 0 Å². The van der Waals surface area contributed by atoms with Crippen molar-refractivity contribution in [2.75, 3.05) is 47.1 Å². The van der Waals surface area contributed by atoms with Crippen LogP contribution in [0.1, 0.15) is 12.8 Å². The van der Waals surface area contributed by atoms with E-state index in [-0.39, 0.29) is 18.1 Å². The SMILES string of the molecule is COCC[C@H]1CCOC12CN(C(=O)COC)C2. The molecule has 2 fully saturated rings. The van der Waals surface area contributed by atoms with Crippen molar-refractivity contribution < 1.29 is 19.0 Å². The fraction of sp³-hybridized carbons (Fsp3) is 0.917. The lowest BCUT2D eigenvalue weighted by molar-refractivity contribution is -0.169. The zero-order chi connectivity index (χ0) is 12.3.